The van der Waals surface area contributed by atoms with Crippen LogP contribution < -0.4 is 11.0 Å². The van der Waals surface area contributed by atoms with Gasteiger partial charge >= 0.3 is 0 Å². The molecule has 0 radical (unpaired) electrons. The highest BCUT2D eigenvalue weighted by molar-refractivity contribution is 5.19. The predicted octanol–water partition coefficient (Wildman–Crippen LogP) is 1.91. The molecule has 0 aliphatic heterocycles. The number of hydroxylamine groups is 1. The second kappa shape index (κ2) is 5.63. The molecule has 1 aliphatic rings. The van der Waals surface area contributed by atoms with Gasteiger partial charge in [0.05, 0.1) is 17.7 Å². The van der Waals surface area contributed by atoms with E-state index in [9.17, 15) is 4.79 Å². The lowest BCUT2D eigenvalue weighted by Crippen LogP contribution is -2.30. The second-order valence-electron chi connectivity index (χ2n) is 5.01. The van der Waals surface area contributed by atoms with Crippen LogP contribution in [0.5, 0.6) is 0 Å². The SMILES string of the molecule is Cc1nc(C)c(C(C)NOC2CCCC2)c(=O)[nH]1. The highest BCUT2D eigenvalue weighted by Gasteiger charge is 2.19. The van der Waals surface area contributed by atoms with Gasteiger partial charge in [-0.1, -0.05) is 12.8 Å². The van der Waals surface area contributed by atoms with E-state index >= 15 is 0 Å². The van der Waals surface area contributed by atoms with Crippen LogP contribution in [0.2, 0.25) is 0 Å². The molecule has 0 amide bonds. The molecule has 0 spiro atoms. The van der Waals surface area contributed by atoms with Gasteiger partial charge in [0.15, 0.2) is 0 Å². The van der Waals surface area contributed by atoms with Gasteiger partial charge in [-0.05, 0) is 33.6 Å². The third-order valence-corrected chi connectivity index (χ3v) is 3.41. The summed E-state index contributed by atoms with van der Waals surface area (Å²) in [6.07, 6.45) is 4.94. The molecule has 1 aliphatic carbocycles. The Morgan fingerprint density at radius 3 is 2.67 bits per heavy atom. The fourth-order valence-electron chi connectivity index (χ4n) is 2.51. The molecular weight excluding hydrogens is 230 g/mol. The van der Waals surface area contributed by atoms with Gasteiger partial charge in [-0.15, -0.1) is 0 Å². The van der Waals surface area contributed by atoms with Crippen LogP contribution in [-0.2, 0) is 4.84 Å². The van der Waals surface area contributed by atoms with Crippen LogP contribution in [0, 0.1) is 13.8 Å². The van der Waals surface area contributed by atoms with Crippen LogP contribution in [0.3, 0.4) is 0 Å². The zero-order chi connectivity index (χ0) is 13.1. The molecule has 1 aromatic heterocycles. The van der Waals surface area contributed by atoms with Crippen molar-refractivity contribution in [3.8, 4) is 0 Å². The molecule has 1 fully saturated rings. The van der Waals surface area contributed by atoms with Gasteiger partial charge in [0.1, 0.15) is 5.82 Å². The van der Waals surface area contributed by atoms with Crippen molar-refractivity contribution in [1.82, 2.24) is 15.4 Å². The minimum absolute atomic E-state index is 0.0879. The first-order valence-corrected chi connectivity index (χ1v) is 6.56. The van der Waals surface area contributed by atoms with Crippen molar-refractivity contribution in [2.45, 2.75) is 58.6 Å². The fraction of sp³-hybridized carbons (Fsp3) is 0.692. The normalized spacial score (nSPS) is 18.2. The summed E-state index contributed by atoms with van der Waals surface area (Å²) in [4.78, 5) is 24.5. The smallest absolute Gasteiger partial charge is 0.255 e. The Morgan fingerprint density at radius 2 is 2.06 bits per heavy atom. The van der Waals surface area contributed by atoms with E-state index in [1.54, 1.807) is 6.92 Å². The van der Waals surface area contributed by atoms with E-state index in [-0.39, 0.29) is 17.7 Å². The van der Waals surface area contributed by atoms with E-state index in [0.29, 0.717) is 11.4 Å². The van der Waals surface area contributed by atoms with Gasteiger partial charge in [0.25, 0.3) is 5.56 Å². The summed E-state index contributed by atoms with van der Waals surface area (Å²) < 4.78 is 0. The van der Waals surface area contributed by atoms with E-state index in [2.05, 4.69) is 15.4 Å². The Labute approximate surface area is 107 Å². The molecule has 1 heterocycles. The largest absolute Gasteiger partial charge is 0.310 e. The van der Waals surface area contributed by atoms with Crippen molar-refractivity contribution in [3.05, 3.63) is 27.4 Å². The Kier molecular flexibility index (Phi) is 4.14. The van der Waals surface area contributed by atoms with Gasteiger partial charge in [-0.2, -0.15) is 5.48 Å². The minimum Gasteiger partial charge on any atom is -0.310 e. The monoisotopic (exact) mass is 251 g/mol. The summed E-state index contributed by atoms with van der Waals surface area (Å²) in [6.45, 7) is 5.56. The minimum atomic E-state index is -0.151. The molecule has 2 N–H and O–H groups in total. The first-order valence-electron chi connectivity index (χ1n) is 6.56. The van der Waals surface area contributed by atoms with Crippen molar-refractivity contribution >= 4 is 0 Å². The number of aryl methyl sites for hydroxylation is 2. The molecule has 0 saturated heterocycles. The Balaban J connectivity index is 2.04. The summed E-state index contributed by atoms with van der Waals surface area (Å²) in [5.41, 5.74) is 4.30. The van der Waals surface area contributed by atoms with Gasteiger partial charge in [-0.25, -0.2) is 4.98 Å². The standard InChI is InChI=1S/C13H21N3O2/c1-8-12(13(17)15-10(3)14-8)9(2)16-18-11-6-4-5-7-11/h9,11,16H,4-7H2,1-3H3,(H,14,15,17). The summed E-state index contributed by atoms with van der Waals surface area (Å²) in [7, 11) is 0. The Bertz CT molecular complexity index is 464. The van der Waals surface area contributed by atoms with E-state index in [0.717, 1.165) is 18.5 Å². The third-order valence-electron chi connectivity index (χ3n) is 3.41. The fourth-order valence-corrected chi connectivity index (χ4v) is 2.51. The third kappa shape index (κ3) is 2.97. The molecule has 100 valence electrons. The topological polar surface area (TPSA) is 67.0 Å². The van der Waals surface area contributed by atoms with E-state index < -0.39 is 0 Å². The molecule has 1 atom stereocenters. The molecular formula is C13H21N3O2. The van der Waals surface area contributed by atoms with E-state index in [4.69, 9.17) is 4.84 Å². The van der Waals surface area contributed by atoms with Crippen LogP contribution >= 0.6 is 0 Å². The summed E-state index contributed by atoms with van der Waals surface area (Å²) in [5, 5.41) is 0. The molecule has 1 saturated carbocycles. The van der Waals surface area contributed by atoms with Crippen LogP contribution in [0.1, 0.15) is 55.7 Å². The molecule has 1 unspecified atom stereocenters. The van der Waals surface area contributed by atoms with Crippen molar-refractivity contribution < 1.29 is 4.84 Å². The number of aromatic nitrogens is 2. The van der Waals surface area contributed by atoms with Crippen molar-refractivity contribution in [1.29, 1.82) is 0 Å². The van der Waals surface area contributed by atoms with Gasteiger partial charge < -0.3 is 4.98 Å². The average Bonchev–Trinajstić information content (AvgIpc) is 2.77. The molecule has 0 aromatic carbocycles. The number of hydrogen-bond acceptors (Lipinski definition) is 4. The lowest BCUT2D eigenvalue weighted by molar-refractivity contribution is -0.0380. The quantitative estimate of drug-likeness (QED) is 0.802. The highest BCUT2D eigenvalue weighted by atomic mass is 16.7. The lowest BCUT2D eigenvalue weighted by atomic mass is 10.1. The maximum atomic E-state index is 11.9. The molecule has 5 heteroatoms. The average molecular weight is 251 g/mol. The van der Waals surface area contributed by atoms with Crippen molar-refractivity contribution in [3.63, 3.8) is 0 Å². The zero-order valence-corrected chi connectivity index (χ0v) is 11.2. The molecule has 1 aromatic rings. The van der Waals surface area contributed by atoms with Crippen LogP contribution in [0.4, 0.5) is 0 Å². The number of H-pyrrole nitrogens is 1. The van der Waals surface area contributed by atoms with Crippen molar-refractivity contribution in [2.75, 3.05) is 0 Å². The maximum absolute atomic E-state index is 11.9. The molecule has 2 rings (SSSR count). The first-order chi connectivity index (χ1) is 8.58. The summed E-state index contributed by atoms with van der Waals surface area (Å²) in [5.74, 6) is 0.644. The number of aromatic amines is 1. The van der Waals surface area contributed by atoms with Gasteiger partial charge in [-0.3, -0.25) is 9.63 Å². The summed E-state index contributed by atoms with van der Waals surface area (Å²) >= 11 is 0. The maximum Gasteiger partial charge on any atom is 0.255 e. The highest BCUT2D eigenvalue weighted by Crippen LogP contribution is 2.21. The second-order valence-corrected chi connectivity index (χ2v) is 5.01. The van der Waals surface area contributed by atoms with Gasteiger partial charge in [0, 0.05) is 5.69 Å². The van der Waals surface area contributed by atoms with Gasteiger partial charge in [0.2, 0.25) is 0 Å². The number of nitrogens with zero attached hydrogens (tertiary/aromatic N) is 1. The molecule has 5 nitrogen and oxygen atoms in total. The van der Waals surface area contributed by atoms with Crippen LogP contribution in [0.15, 0.2) is 4.79 Å². The van der Waals surface area contributed by atoms with E-state index in [1.165, 1.54) is 12.8 Å². The van der Waals surface area contributed by atoms with Crippen LogP contribution in [0.25, 0.3) is 0 Å². The molecule has 0 bridgehead atoms. The van der Waals surface area contributed by atoms with E-state index in [1.807, 2.05) is 13.8 Å². The lowest BCUT2D eigenvalue weighted by Gasteiger charge is -2.18. The Morgan fingerprint density at radius 1 is 1.39 bits per heavy atom. The summed E-state index contributed by atoms with van der Waals surface area (Å²) in [6, 6.07) is -0.151. The Hall–Kier alpha value is -1.20. The van der Waals surface area contributed by atoms with Crippen LogP contribution in [-0.4, -0.2) is 16.1 Å². The number of hydrogen-bond donors (Lipinski definition) is 2. The zero-order valence-electron chi connectivity index (χ0n) is 11.2. The van der Waals surface area contributed by atoms with Crippen molar-refractivity contribution in [2.24, 2.45) is 0 Å². The predicted molar refractivity (Wildman–Crippen MR) is 69.2 cm³/mol. The number of rotatable bonds is 4. The molecule has 18 heavy (non-hydrogen) atoms. The first kappa shape index (κ1) is 13.2. The number of nitrogens with one attached hydrogen (secondary N) is 2.